The van der Waals surface area contributed by atoms with Crippen molar-refractivity contribution in [2.24, 2.45) is 0 Å². The lowest BCUT2D eigenvalue weighted by Gasteiger charge is -2.19. The number of ether oxygens (including phenoxy) is 1. The Bertz CT molecular complexity index is 816. The molecule has 146 valence electrons. The molecule has 9 heteroatoms. The minimum Gasteiger partial charge on any atom is -0.495 e. The molecule has 0 spiro atoms. The Balaban J connectivity index is 2.16. The predicted octanol–water partition coefficient (Wildman–Crippen LogP) is 2.43. The van der Waals surface area contributed by atoms with Crippen molar-refractivity contribution in [2.75, 3.05) is 25.5 Å². The summed E-state index contributed by atoms with van der Waals surface area (Å²) in [4.78, 5) is 12.5. The number of methoxy groups -OCH3 is 1. The fourth-order valence-electron chi connectivity index (χ4n) is 2.54. The molecule has 1 unspecified atom stereocenters. The molecule has 2 N–H and O–H groups in total. The zero-order valence-corrected chi connectivity index (χ0v) is 14.6. The van der Waals surface area contributed by atoms with Crippen LogP contribution in [0.1, 0.15) is 12.5 Å². The zero-order chi connectivity index (χ0) is 20.1. The molecule has 0 bridgehead atoms. The summed E-state index contributed by atoms with van der Waals surface area (Å²) in [6, 6.07) is 6.62. The third-order valence-corrected chi connectivity index (χ3v) is 4.02. The summed E-state index contributed by atoms with van der Waals surface area (Å²) in [6.45, 7) is 1.06. The molecule has 0 saturated heterocycles. The first kappa shape index (κ1) is 20.6. The van der Waals surface area contributed by atoms with Crippen LogP contribution in [0.5, 0.6) is 5.75 Å². The topological polar surface area (TPSA) is 42.8 Å². The summed E-state index contributed by atoms with van der Waals surface area (Å²) in [5.74, 6) is -10.1. The van der Waals surface area contributed by atoms with E-state index in [0.29, 0.717) is 16.3 Å². The van der Waals surface area contributed by atoms with Gasteiger partial charge in [0.05, 0.1) is 24.9 Å². The van der Waals surface area contributed by atoms with Crippen LogP contribution < -0.4 is 15.0 Å². The number of quaternary nitrogens is 1. The number of carbonyl (C=O) groups excluding carboxylic acids is 1. The molecule has 0 heterocycles. The molecule has 4 nitrogen and oxygen atoms in total. The van der Waals surface area contributed by atoms with Gasteiger partial charge in [-0.1, -0.05) is 12.1 Å². The number of hydrogen-bond donors (Lipinski definition) is 2. The summed E-state index contributed by atoms with van der Waals surface area (Å²) < 4.78 is 72.5. The van der Waals surface area contributed by atoms with E-state index in [-0.39, 0.29) is 13.1 Å². The molecule has 0 aliphatic carbocycles. The number of benzene rings is 2. The molecule has 2 rings (SSSR count). The maximum absolute atomic E-state index is 13.8. The van der Waals surface area contributed by atoms with Gasteiger partial charge in [-0.25, -0.2) is 22.0 Å². The van der Waals surface area contributed by atoms with Crippen molar-refractivity contribution in [2.45, 2.75) is 13.5 Å². The van der Waals surface area contributed by atoms with E-state index in [9.17, 15) is 26.7 Å². The lowest BCUT2D eigenvalue weighted by molar-refractivity contribution is -0.904. The van der Waals surface area contributed by atoms with Gasteiger partial charge in [0, 0.05) is 0 Å². The van der Waals surface area contributed by atoms with Gasteiger partial charge in [0.25, 0.3) is 5.91 Å². The highest BCUT2D eigenvalue weighted by atomic mass is 19.2. The van der Waals surface area contributed by atoms with Gasteiger partial charge in [-0.15, -0.1) is 0 Å². The number of amides is 1. The van der Waals surface area contributed by atoms with Crippen molar-refractivity contribution in [3.8, 4) is 5.75 Å². The van der Waals surface area contributed by atoms with E-state index >= 15 is 0 Å². The SMILES string of the molecule is CC[NH+](CC(=O)Nc1ccccc1OC)Cc1c(F)c(F)c(F)c(F)c1F. The first-order valence-corrected chi connectivity index (χ1v) is 8.06. The van der Waals surface area contributed by atoms with Gasteiger partial charge in [0.1, 0.15) is 12.3 Å². The standard InChI is InChI=1S/C18H17F5N2O2/c1-3-25(8-10-14(19)16(21)18(23)17(22)15(10)20)9-13(26)24-11-6-4-5-7-12(11)27-2/h4-7H,3,8-9H2,1-2H3,(H,24,26)/p+1. The summed E-state index contributed by atoms with van der Waals surface area (Å²) in [5, 5.41) is 2.59. The average Bonchev–Trinajstić information content (AvgIpc) is 2.67. The van der Waals surface area contributed by atoms with Crippen molar-refractivity contribution >= 4 is 11.6 Å². The highest BCUT2D eigenvalue weighted by Gasteiger charge is 2.28. The Morgan fingerprint density at radius 3 is 2.11 bits per heavy atom. The van der Waals surface area contributed by atoms with Crippen molar-refractivity contribution in [3.05, 3.63) is 58.9 Å². The van der Waals surface area contributed by atoms with Crippen LogP contribution >= 0.6 is 0 Å². The molecule has 0 aliphatic rings. The second-order valence-electron chi connectivity index (χ2n) is 5.75. The number of nitrogens with one attached hydrogen (secondary N) is 2. The molecule has 27 heavy (non-hydrogen) atoms. The first-order valence-electron chi connectivity index (χ1n) is 8.06. The third-order valence-electron chi connectivity index (χ3n) is 4.02. The molecular formula is C18H18F5N2O2+. The summed E-state index contributed by atoms with van der Waals surface area (Å²) in [5.41, 5.74) is -0.551. The highest BCUT2D eigenvalue weighted by Crippen LogP contribution is 2.23. The van der Waals surface area contributed by atoms with Crippen LogP contribution in [0.3, 0.4) is 0 Å². The first-order chi connectivity index (χ1) is 12.8. The van der Waals surface area contributed by atoms with E-state index in [0.717, 1.165) is 0 Å². The third kappa shape index (κ3) is 4.54. The molecule has 0 aromatic heterocycles. The normalized spacial score (nSPS) is 12.0. The van der Waals surface area contributed by atoms with Gasteiger partial charge < -0.3 is 15.0 Å². The summed E-state index contributed by atoms with van der Waals surface area (Å²) in [6.07, 6.45) is 0. The van der Waals surface area contributed by atoms with Gasteiger partial charge >= 0.3 is 0 Å². The maximum Gasteiger partial charge on any atom is 0.279 e. The van der Waals surface area contributed by atoms with E-state index in [4.69, 9.17) is 4.74 Å². The molecule has 0 radical (unpaired) electrons. The van der Waals surface area contributed by atoms with Crippen LogP contribution in [0.25, 0.3) is 0 Å². The second-order valence-corrected chi connectivity index (χ2v) is 5.75. The van der Waals surface area contributed by atoms with Crippen molar-refractivity contribution < 1.29 is 36.4 Å². The van der Waals surface area contributed by atoms with E-state index in [1.165, 1.54) is 7.11 Å². The smallest absolute Gasteiger partial charge is 0.279 e. The van der Waals surface area contributed by atoms with Crippen LogP contribution in [0.4, 0.5) is 27.6 Å². The Morgan fingerprint density at radius 2 is 1.56 bits per heavy atom. The highest BCUT2D eigenvalue weighted by molar-refractivity contribution is 5.92. The van der Waals surface area contributed by atoms with Gasteiger partial charge in [-0.05, 0) is 19.1 Å². The fourth-order valence-corrected chi connectivity index (χ4v) is 2.54. The minimum atomic E-state index is -2.21. The Labute approximate surface area is 152 Å². The lowest BCUT2D eigenvalue weighted by atomic mass is 10.1. The molecule has 1 amide bonds. The number of rotatable bonds is 7. The van der Waals surface area contributed by atoms with Gasteiger partial charge in [0.15, 0.2) is 29.8 Å². The number of likely N-dealkylation sites (N-methyl/N-ethyl adjacent to an activating group) is 1. The molecule has 0 saturated carbocycles. The summed E-state index contributed by atoms with van der Waals surface area (Å²) in [7, 11) is 1.43. The molecule has 2 aromatic rings. The van der Waals surface area contributed by atoms with Crippen LogP contribution in [-0.4, -0.2) is 26.1 Å². The van der Waals surface area contributed by atoms with Crippen molar-refractivity contribution in [1.82, 2.24) is 0 Å². The van der Waals surface area contributed by atoms with Crippen molar-refractivity contribution in [1.29, 1.82) is 0 Å². The molecule has 0 fully saturated rings. The van der Waals surface area contributed by atoms with E-state index < -0.39 is 47.1 Å². The number of halogens is 5. The maximum atomic E-state index is 13.8. The molecular weight excluding hydrogens is 371 g/mol. The molecule has 1 atom stereocenters. The Hall–Kier alpha value is -2.68. The van der Waals surface area contributed by atoms with E-state index in [1.807, 2.05) is 0 Å². The van der Waals surface area contributed by atoms with Gasteiger partial charge in [-0.2, -0.15) is 0 Å². The quantitative estimate of drug-likeness (QED) is 0.434. The van der Waals surface area contributed by atoms with Crippen LogP contribution in [-0.2, 0) is 11.3 Å². The van der Waals surface area contributed by atoms with E-state index in [2.05, 4.69) is 5.32 Å². The number of anilines is 1. The number of carbonyl (C=O) groups is 1. The summed E-state index contributed by atoms with van der Waals surface area (Å²) >= 11 is 0. The Morgan fingerprint density at radius 1 is 1.00 bits per heavy atom. The fraction of sp³-hybridized carbons (Fsp3) is 0.278. The molecule has 2 aromatic carbocycles. The van der Waals surface area contributed by atoms with Crippen molar-refractivity contribution in [3.63, 3.8) is 0 Å². The van der Waals surface area contributed by atoms with Gasteiger partial charge in [-0.3, -0.25) is 4.79 Å². The number of para-hydroxylation sites is 2. The predicted molar refractivity (Wildman–Crippen MR) is 87.9 cm³/mol. The zero-order valence-electron chi connectivity index (χ0n) is 14.6. The molecule has 0 aliphatic heterocycles. The second kappa shape index (κ2) is 8.81. The minimum absolute atomic E-state index is 0.221. The van der Waals surface area contributed by atoms with Crippen LogP contribution in [0.2, 0.25) is 0 Å². The largest absolute Gasteiger partial charge is 0.495 e. The Kier molecular flexibility index (Phi) is 6.73. The van der Waals surface area contributed by atoms with Gasteiger partial charge in [0.2, 0.25) is 5.82 Å². The monoisotopic (exact) mass is 389 g/mol. The lowest BCUT2D eigenvalue weighted by Crippen LogP contribution is -3.11. The van der Waals surface area contributed by atoms with Crippen LogP contribution in [0.15, 0.2) is 24.3 Å². The van der Waals surface area contributed by atoms with E-state index in [1.54, 1.807) is 31.2 Å². The number of hydrogen-bond acceptors (Lipinski definition) is 2. The van der Waals surface area contributed by atoms with Crippen LogP contribution in [0, 0.1) is 29.1 Å². The average molecular weight is 389 g/mol.